The summed E-state index contributed by atoms with van der Waals surface area (Å²) in [6, 6.07) is 0. The van der Waals surface area contributed by atoms with Crippen molar-refractivity contribution < 1.29 is 38.3 Å². The van der Waals surface area contributed by atoms with Crippen LogP contribution in [0.15, 0.2) is 25.3 Å². The van der Waals surface area contributed by atoms with E-state index in [1.54, 1.807) is 0 Å². The Morgan fingerprint density at radius 3 is 2.30 bits per heavy atom. The number of ether oxygens (including phenoxy) is 2. The van der Waals surface area contributed by atoms with Crippen LogP contribution in [0.25, 0.3) is 0 Å². The molecule has 23 heavy (non-hydrogen) atoms. The van der Waals surface area contributed by atoms with E-state index in [1.807, 2.05) is 0 Å². The summed E-state index contributed by atoms with van der Waals surface area (Å²) in [5, 5.41) is 0.313. The molecule has 2 amide bonds. The van der Waals surface area contributed by atoms with E-state index in [9.17, 15) is 24.0 Å². The molecule has 124 valence electrons. The quantitative estimate of drug-likeness (QED) is 0.258. The van der Waals surface area contributed by atoms with Crippen molar-refractivity contribution in [2.45, 2.75) is 12.8 Å². The summed E-state index contributed by atoms with van der Waals surface area (Å²) in [6.07, 6.45) is 1.13. The summed E-state index contributed by atoms with van der Waals surface area (Å²) in [4.78, 5) is 61.3. The third kappa shape index (κ3) is 5.38. The van der Waals surface area contributed by atoms with Crippen LogP contribution >= 0.6 is 0 Å². The summed E-state index contributed by atoms with van der Waals surface area (Å²) in [7, 11) is 0. The average molecular weight is 325 g/mol. The fourth-order valence-electron chi connectivity index (χ4n) is 1.67. The van der Waals surface area contributed by atoms with E-state index in [-0.39, 0.29) is 26.1 Å². The summed E-state index contributed by atoms with van der Waals surface area (Å²) in [5.41, 5.74) is 0. The molecule has 1 atom stereocenters. The largest absolute Gasteiger partial charge is 0.462 e. The van der Waals surface area contributed by atoms with Crippen LogP contribution in [0.2, 0.25) is 0 Å². The minimum absolute atomic E-state index is 0.156. The molecule has 1 fully saturated rings. The molecule has 1 saturated heterocycles. The number of hydrogen-bond donors (Lipinski definition) is 0. The molecule has 0 aromatic carbocycles. The molecule has 9 heteroatoms. The molecule has 1 rings (SSSR count). The summed E-state index contributed by atoms with van der Waals surface area (Å²) in [5.74, 6) is -4.87. The Bertz CT molecular complexity index is 553. The lowest BCUT2D eigenvalue weighted by Crippen LogP contribution is -2.33. The monoisotopic (exact) mass is 325 g/mol. The molecular weight excluding hydrogens is 310 g/mol. The van der Waals surface area contributed by atoms with Gasteiger partial charge in [0.15, 0.2) is 0 Å². The molecule has 1 aliphatic rings. The molecule has 0 aliphatic carbocycles. The van der Waals surface area contributed by atoms with Crippen molar-refractivity contribution in [2.75, 3.05) is 13.2 Å². The van der Waals surface area contributed by atoms with Crippen LogP contribution in [-0.4, -0.2) is 48.0 Å². The number of hydroxylamine groups is 2. The number of carbonyl (C=O) groups excluding carboxylic acids is 5. The number of rotatable bonds is 8. The zero-order valence-electron chi connectivity index (χ0n) is 12.2. The number of nitrogens with zero attached hydrogens (tertiary/aromatic N) is 1. The van der Waals surface area contributed by atoms with Gasteiger partial charge in [-0.3, -0.25) is 14.4 Å². The molecule has 0 radical (unpaired) electrons. The number of imide groups is 1. The highest BCUT2D eigenvalue weighted by Gasteiger charge is 2.42. The molecule has 0 N–H and O–H groups in total. The number of carbonyl (C=O) groups is 5. The molecule has 0 spiro atoms. The van der Waals surface area contributed by atoms with Gasteiger partial charge >= 0.3 is 17.9 Å². The molecule has 0 bridgehead atoms. The van der Waals surface area contributed by atoms with Crippen molar-refractivity contribution in [3.05, 3.63) is 25.3 Å². The highest BCUT2D eigenvalue weighted by atomic mass is 16.7. The van der Waals surface area contributed by atoms with E-state index in [1.165, 1.54) is 0 Å². The highest BCUT2D eigenvalue weighted by Crippen LogP contribution is 2.23. The van der Waals surface area contributed by atoms with Crippen LogP contribution in [0.4, 0.5) is 0 Å². The van der Waals surface area contributed by atoms with Gasteiger partial charge in [-0.05, 0) is 0 Å². The van der Waals surface area contributed by atoms with Gasteiger partial charge in [0.1, 0.15) is 13.2 Å². The molecule has 1 aliphatic heterocycles. The van der Waals surface area contributed by atoms with E-state index >= 15 is 0 Å². The fourth-order valence-corrected chi connectivity index (χ4v) is 1.67. The van der Waals surface area contributed by atoms with E-state index in [0.717, 1.165) is 12.2 Å². The van der Waals surface area contributed by atoms with E-state index in [0.29, 0.717) is 5.06 Å². The van der Waals surface area contributed by atoms with E-state index < -0.39 is 35.6 Å². The number of esters is 2. The zero-order chi connectivity index (χ0) is 17.4. The van der Waals surface area contributed by atoms with E-state index in [4.69, 9.17) is 4.74 Å². The molecule has 0 aromatic heterocycles. The Hall–Kier alpha value is -2.97. The van der Waals surface area contributed by atoms with Gasteiger partial charge in [-0.15, -0.1) is 5.06 Å². The van der Waals surface area contributed by atoms with Gasteiger partial charge in [-0.2, -0.15) is 0 Å². The Morgan fingerprint density at radius 2 is 1.70 bits per heavy atom. The maximum atomic E-state index is 11.9. The van der Waals surface area contributed by atoms with Crippen LogP contribution in [0.1, 0.15) is 12.8 Å². The normalized spacial score (nSPS) is 16.7. The predicted octanol–water partition coefficient (Wildman–Crippen LogP) is -0.332. The second kappa shape index (κ2) is 8.47. The second-order valence-electron chi connectivity index (χ2n) is 4.34. The van der Waals surface area contributed by atoms with Crippen LogP contribution < -0.4 is 0 Å². The van der Waals surface area contributed by atoms with Crippen molar-refractivity contribution >= 4 is 29.7 Å². The van der Waals surface area contributed by atoms with E-state index in [2.05, 4.69) is 22.7 Å². The maximum absolute atomic E-state index is 11.9. The number of amides is 2. The molecular formula is C14H15NO8. The van der Waals surface area contributed by atoms with Crippen LogP contribution in [0, 0.1) is 5.92 Å². The van der Waals surface area contributed by atoms with Gasteiger partial charge in [-0.1, -0.05) is 13.2 Å². The summed E-state index contributed by atoms with van der Waals surface area (Å²) < 4.78 is 9.36. The molecule has 1 heterocycles. The van der Waals surface area contributed by atoms with Gasteiger partial charge < -0.3 is 14.3 Å². The first kappa shape index (κ1) is 18.1. The third-order valence-corrected chi connectivity index (χ3v) is 2.72. The third-order valence-electron chi connectivity index (χ3n) is 2.72. The minimum Gasteiger partial charge on any atom is -0.462 e. The van der Waals surface area contributed by atoms with Crippen LogP contribution in [0.5, 0.6) is 0 Å². The SMILES string of the molecule is C=CC(=O)OCCOC(=O)CC1CC(=O)N(OC(=O)C=C)C1=O. The Labute approximate surface area is 131 Å². The topological polar surface area (TPSA) is 116 Å². The van der Waals surface area contributed by atoms with Crippen LogP contribution in [0.3, 0.4) is 0 Å². The highest BCUT2D eigenvalue weighted by molar-refractivity contribution is 6.04. The zero-order valence-corrected chi connectivity index (χ0v) is 12.2. The Morgan fingerprint density at radius 1 is 1.09 bits per heavy atom. The van der Waals surface area contributed by atoms with Gasteiger partial charge in [-0.25, -0.2) is 9.59 Å². The Kier molecular flexibility index (Phi) is 6.66. The molecule has 0 aromatic rings. The van der Waals surface area contributed by atoms with Crippen LogP contribution in [-0.2, 0) is 38.3 Å². The standard InChI is InChI=1S/C14H15NO8/c1-3-11(17)21-5-6-22-13(19)8-9-7-10(16)15(14(9)20)23-12(18)4-2/h3-4,9H,1-2,5-8H2. The number of hydrogen-bond acceptors (Lipinski definition) is 8. The first-order chi connectivity index (χ1) is 10.9. The van der Waals surface area contributed by atoms with Crippen molar-refractivity contribution in [3.8, 4) is 0 Å². The molecule has 1 unspecified atom stereocenters. The molecule has 0 saturated carbocycles. The lowest BCUT2D eigenvalue weighted by molar-refractivity contribution is -0.194. The average Bonchev–Trinajstić information content (AvgIpc) is 2.78. The summed E-state index contributed by atoms with van der Waals surface area (Å²) >= 11 is 0. The minimum atomic E-state index is -0.969. The second-order valence-corrected chi connectivity index (χ2v) is 4.34. The fraction of sp³-hybridized carbons (Fsp3) is 0.357. The first-order valence-corrected chi connectivity index (χ1v) is 6.55. The lowest BCUT2D eigenvalue weighted by Gasteiger charge is -2.12. The van der Waals surface area contributed by atoms with Gasteiger partial charge in [0, 0.05) is 18.6 Å². The van der Waals surface area contributed by atoms with Gasteiger partial charge in [0.05, 0.1) is 12.3 Å². The summed E-state index contributed by atoms with van der Waals surface area (Å²) in [6.45, 7) is 5.99. The Balaban J connectivity index is 2.41. The van der Waals surface area contributed by atoms with Crippen molar-refractivity contribution in [2.24, 2.45) is 5.92 Å². The lowest BCUT2D eigenvalue weighted by atomic mass is 10.0. The van der Waals surface area contributed by atoms with Crippen molar-refractivity contribution in [3.63, 3.8) is 0 Å². The van der Waals surface area contributed by atoms with Gasteiger partial charge in [0.2, 0.25) is 0 Å². The van der Waals surface area contributed by atoms with Crippen molar-refractivity contribution in [1.82, 2.24) is 5.06 Å². The van der Waals surface area contributed by atoms with Crippen molar-refractivity contribution in [1.29, 1.82) is 0 Å². The predicted molar refractivity (Wildman–Crippen MR) is 73.0 cm³/mol. The smallest absolute Gasteiger partial charge is 0.356 e. The first-order valence-electron chi connectivity index (χ1n) is 6.55. The van der Waals surface area contributed by atoms with Gasteiger partial charge in [0.25, 0.3) is 11.8 Å². The molecule has 9 nitrogen and oxygen atoms in total. The maximum Gasteiger partial charge on any atom is 0.356 e.